The summed E-state index contributed by atoms with van der Waals surface area (Å²) in [4.78, 5) is 30.2. The second kappa shape index (κ2) is 11.2. The fraction of sp³-hybridized carbons (Fsp3) is 0.481. The Hall–Kier alpha value is -2.37. The van der Waals surface area contributed by atoms with Gasteiger partial charge in [-0.15, -0.1) is 0 Å². The van der Waals surface area contributed by atoms with Gasteiger partial charge < -0.3 is 10.2 Å². The average Bonchev–Trinajstić information content (AvgIpc) is 2.85. The van der Waals surface area contributed by atoms with Crippen LogP contribution in [0.3, 0.4) is 0 Å². The van der Waals surface area contributed by atoms with Crippen LogP contribution in [0.25, 0.3) is 0 Å². The summed E-state index contributed by atoms with van der Waals surface area (Å²) in [5.41, 5.74) is 3.08. The lowest BCUT2D eigenvalue weighted by Crippen LogP contribution is -2.45. The smallest absolute Gasteiger partial charge is 0.253 e. The Labute approximate surface area is 202 Å². The van der Waals surface area contributed by atoms with E-state index in [1.165, 1.54) is 24.0 Å². The molecule has 0 aliphatic carbocycles. The molecule has 0 spiro atoms. The molecular formula is C27H34ClN3O2. The van der Waals surface area contributed by atoms with Crippen LogP contribution in [0.4, 0.5) is 0 Å². The van der Waals surface area contributed by atoms with E-state index in [2.05, 4.69) is 35.3 Å². The number of carbonyl (C=O) groups excluding carboxylic acids is 2. The minimum Gasteiger partial charge on any atom is -0.352 e. The van der Waals surface area contributed by atoms with Crippen molar-refractivity contribution in [3.05, 3.63) is 70.2 Å². The van der Waals surface area contributed by atoms with Gasteiger partial charge in [0.25, 0.3) is 5.91 Å². The number of hydrogen-bond donors (Lipinski definition) is 1. The van der Waals surface area contributed by atoms with Crippen LogP contribution in [0.2, 0.25) is 5.02 Å². The van der Waals surface area contributed by atoms with Crippen LogP contribution in [-0.4, -0.2) is 47.8 Å². The maximum Gasteiger partial charge on any atom is 0.253 e. The lowest BCUT2D eigenvalue weighted by molar-refractivity contribution is -0.126. The van der Waals surface area contributed by atoms with Crippen molar-refractivity contribution < 1.29 is 9.59 Å². The average molecular weight is 468 g/mol. The van der Waals surface area contributed by atoms with Crippen molar-refractivity contribution in [2.75, 3.05) is 26.2 Å². The molecule has 0 radical (unpaired) electrons. The van der Waals surface area contributed by atoms with E-state index in [-0.39, 0.29) is 17.7 Å². The molecule has 2 heterocycles. The summed E-state index contributed by atoms with van der Waals surface area (Å²) < 4.78 is 0. The monoisotopic (exact) mass is 467 g/mol. The molecule has 1 N–H and O–H groups in total. The third kappa shape index (κ3) is 6.36. The largest absolute Gasteiger partial charge is 0.352 e. The van der Waals surface area contributed by atoms with Crippen LogP contribution < -0.4 is 5.32 Å². The summed E-state index contributed by atoms with van der Waals surface area (Å²) in [5.74, 6) is 0.638. The fourth-order valence-electron chi connectivity index (χ4n) is 4.82. The Bertz CT molecular complexity index is 954. The summed E-state index contributed by atoms with van der Waals surface area (Å²) >= 11 is 5.94. The van der Waals surface area contributed by atoms with Crippen molar-refractivity contribution in [3.63, 3.8) is 0 Å². The Morgan fingerprint density at radius 2 is 1.67 bits per heavy atom. The zero-order valence-corrected chi connectivity index (χ0v) is 20.2. The van der Waals surface area contributed by atoms with E-state index in [1.807, 2.05) is 6.07 Å². The minimum absolute atomic E-state index is 0.0326. The molecule has 2 aliphatic rings. The van der Waals surface area contributed by atoms with Crippen LogP contribution in [-0.2, 0) is 17.9 Å². The molecule has 2 aromatic rings. The molecule has 2 aliphatic heterocycles. The predicted molar refractivity (Wildman–Crippen MR) is 132 cm³/mol. The lowest BCUT2D eigenvalue weighted by Gasteiger charge is -2.32. The quantitative estimate of drug-likeness (QED) is 0.667. The number of likely N-dealkylation sites (tertiary alicyclic amines) is 2. The summed E-state index contributed by atoms with van der Waals surface area (Å²) in [7, 11) is 0. The van der Waals surface area contributed by atoms with E-state index in [0.29, 0.717) is 30.2 Å². The molecule has 5 nitrogen and oxygen atoms in total. The molecule has 176 valence electrons. The first-order chi connectivity index (χ1) is 16.0. The summed E-state index contributed by atoms with van der Waals surface area (Å²) in [5, 5.41) is 3.76. The Morgan fingerprint density at radius 1 is 0.970 bits per heavy atom. The van der Waals surface area contributed by atoms with Crippen LogP contribution >= 0.6 is 11.6 Å². The third-order valence-corrected chi connectivity index (χ3v) is 7.26. The molecular weight excluding hydrogens is 434 g/mol. The van der Waals surface area contributed by atoms with Gasteiger partial charge in [0.15, 0.2) is 0 Å². The summed E-state index contributed by atoms with van der Waals surface area (Å²) in [6.45, 7) is 7.22. The van der Waals surface area contributed by atoms with Crippen molar-refractivity contribution in [3.8, 4) is 0 Å². The predicted octanol–water partition coefficient (Wildman–Crippen LogP) is 4.74. The van der Waals surface area contributed by atoms with Crippen LogP contribution in [0.5, 0.6) is 0 Å². The summed E-state index contributed by atoms with van der Waals surface area (Å²) in [6, 6.07) is 15.3. The molecule has 4 rings (SSSR count). The molecule has 2 saturated heterocycles. The molecule has 2 amide bonds. The van der Waals surface area contributed by atoms with Gasteiger partial charge in [-0.2, -0.15) is 0 Å². The molecule has 0 saturated carbocycles. The maximum atomic E-state index is 13.0. The Morgan fingerprint density at radius 3 is 2.39 bits per heavy atom. The topological polar surface area (TPSA) is 52.7 Å². The van der Waals surface area contributed by atoms with Gasteiger partial charge in [-0.1, -0.05) is 42.8 Å². The van der Waals surface area contributed by atoms with Gasteiger partial charge in [-0.25, -0.2) is 0 Å². The van der Waals surface area contributed by atoms with Crippen molar-refractivity contribution >= 4 is 23.4 Å². The highest BCUT2D eigenvalue weighted by Crippen LogP contribution is 2.22. The van der Waals surface area contributed by atoms with E-state index in [1.54, 1.807) is 29.2 Å². The van der Waals surface area contributed by atoms with Gasteiger partial charge in [-0.05, 0) is 80.1 Å². The van der Waals surface area contributed by atoms with Gasteiger partial charge in [-0.3, -0.25) is 14.5 Å². The van der Waals surface area contributed by atoms with Gasteiger partial charge in [0, 0.05) is 36.8 Å². The number of halogens is 1. The number of amides is 2. The van der Waals surface area contributed by atoms with Gasteiger partial charge in [0.2, 0.25) is 5.91 Å². The van der Waals surface area contributed by atoms with Crippen LogP contribution in [0.1, 0.15) is 54.1 Å². The lowest BCUT2D eigenvalue weighted by atomic mass is 9.96. The van der Waals surface area contributed by atoms with Crippen molar-refractivity contribution in [1.29, 1.82) is 0 Å². The fourth-order valence-corrected chi connectivity index (χ4v) is 4.95. The van der Waals surface area contributed by atoms with Gasteiger partial charge in [0.05, 0.1) is 5.92 Å². The van der Waals surface area contributed by atoms with Crippen molar-refractivity contribution in [2.24, 2.45) is 11.8 Å². The number of nitrogens with zero attached hydrogens (tertiary/aromatic N) is 2. The van der Waals surface area contributed by atoms with Crippen molar-refractivity contribution in [1.82, 2.24) is 15.1 Å². The van der Waals surface area contributed by atoms with Crippen molar-refractivity contribution in [2.45, 2.75) is 45.7 Å². The van der Waals surface area contributed by atoms with Gasteiger partial charge in [0.1, 0.15) is 0 Å². The first-order valence-electron chi connectivity index (χ1n) is 12.1. The maximum absolute atomic E-state index is 13.0. The number of hydrogen-bond acceptors (Lipinski definition) is 3. The summed E-state index contributed by atoms with van der Waals surface area (Å²) in [6.07, 6.45) is 4.16. The molecule has 1 unspecified atom stereocenters. The van der Waals surface area contributed by atoms with E-state index >= 15 is 0 Å². The highest BCUT2D eigenvalue weighted by atomic mass is 35.5. The standard InChI is InChI=1S/C27H34ClN3O2/c1-20-12-15-30(16-13-20)18-23-6-3-2-5-22(23)17-29-26(32)24-7-4-14-31(19-24)27(33)21-8-10-25(28)11-9-21/h2-3,5-6,8-11,20,24H,4,7,12-19H2,1H3,(H,29,32). The molecule has 2 aromatic carbocycles. The number of carbonyl (C=O) groups is 2. The Balaban J connectivity index is 1.32. The minimum atomic E-state index is -0.175. The first-order valence-corrected chi connectivity index (χ1v) is 12.5. The number of nitrogens with one attached hydrogen (secondary N) is 1. The molecule has 1 atom stereocenters. The first kappa shape index (κ1) is 23.8. The second-order valence-electron chi connectivity index (χ2n) is 9.54. The highest BCUT2D eigenvalue weighted by molar-refractivity contribution is 6.30. The molecule has 6 heteroatoms. The van der Waals surface area contributed by atoms with Gasteiger partial charge >= 0.3 is 0 Å². The molecule has 33 heavy (non-hydrogen) atoms. The highest BCUT2D eigenvalue weighted by Gasteiger charge is 2.29. The van der Waals surface area contributed by atoms with E-state index in [9.17, 15) is 9.59 Å². The zero-order valence-electron chi connectivity index (χ0n) is 19.4. The number of rotatable bonds is 6. The normalized spacial score (nSPS) is 19.9. The molecule has 2 fully saturated rings. The van der Waals surface area contributed by atoms with Crippen LogP contribution in [0, 0.1) is 11.8 Å². The molecule has 0 bridgehead atoms. The number of piperidine rings is 2. The van der Waals surface area contributed by atoms with Crippen LogP contribution in [0.15, 0.2) is 48.5 Å². The molecule has 0 aromatic heterocycles. The second-order valence-corrected chi connectivity index (χ2v) is 9.98. The zero-order chi connectivity index (χ0) is 23.2. The Kier molecular flexibility index (Phi) is 8.05. The van der Waals surface area contributed by atoms with E-state index in [0.717, 1.165) is 38.4 Å². The third-order valence-electron chi connectivity index (χ3n) is 7.01. The SMILES string of the molecule is CC1CCN(Cc2ccccc2CNC(=O)C2CCCN(C(=O)c3ccc(Cl)cc3)C2)CC1. The van der Waals surface area contributed by atoms with E-state index < -0.39 is 0 Å². The van der Waals surface area contributed by atoms with E-state index in [4.69, 9.17) is 11.6 Å². The number of benzene rings is 2.